The number of Topliss-reactive ketones (excluding diaryl/α,β-unsaturated/α-hetero) is 1. The first-order valence-electron chi connectivity index (χ1n) is 5.45. The summed E-state index contributed by atoms with van der Waals surface area (Å²) < 4.78 is 5.20. The molecule has 0 atom stereocenters. The van der Waals surface area contributed by atoms with Crippen molar-refractivity contribution in [3.05, 3.63) is 28.8 Å². The van der Waals surface area contributed by atoms with Gasteiger partial charge in [-0.25, -0.2) is 0 Å². The molecule has 90 valence electrons. The van der Waals surface area contributed by atoms with Gasteiger partial charge in [0.25, 0.3) is 0 Å². The van der Waals surface area contributed by atoms with Crippen LogP contribution >= 0.6 is 0 Å². The smallest absolute Gasteiger partial charge is 0.182 e. The van der Waals surface area contributed by atoms with Gasteiger partial charge in [0.1, 0.15) is 11.2 Å². The Balaban J connectivity index is 3.32. The number of ketones is 1. The Hall–Kier alpha value is -1.82. The fourth-order valence-corrected chi connectivity index (χ4v) is 1.65. The number of hydrogen-bond donors (Lipinski definition) is 0. The minimum atomic E-state index is -0.994. The van der Waals surface area contributed by atoms with E-state index in [1.54, 1.807) is 33.1 Å². The minimum absolute atomic E-state index is 0.150. The number of hydrogen-bond acceptors (Lipinski definition) is 3. The van der Waals surface area contributed by atoms with Crippen LogP contribution in [0.3, 0.4) is 0 Å². The van der Waals surface area contributed by atoms with Gasteiger partial charge in [0, 0.05) is 5.56 Å². The molecule has 0 spiro atoms. The molecule has 1 aromatic carbocycles. The van der Waals surface area contributed by atoms with Crippen LogP contribution in [0.5, 0.6) is 5.75 Å². The predicted octanol–water partition coefficient (Wildman–Crippen LogP) is 3.04. The second kappa shape index (κ2) is 4.58. The summed E-state index contributed by atoms with van der Waals surface area (Å²) in [7, 11) is 1.60. The van der Waals surface area contributed by atoms with Crippen molar-refractivity contribution in [2.24, 2.45) is 5.41 Å². The first-order chi connectivity index (χ1) is 7.85. The Morgan fingerprint density at radius 3 is 2.35 bits per heavy atom. The number of ether oxygens (including phenoxy) is 1. The third-order valence-electron chi connectivity index (χ3n) is 3.05. The van der Waals surface area contributed by atoms with Crippen molar-refractivity contribution in [3.8, 4) is 11.8 Å². The van der Waals surface area contributed by atoms with Crippen LogP contribution < -0.4 is 4.74 Å². The molecule has 0 heterocycles. The highest BCUT2D eigenvalue weighted by molar-refractivity contribution is 6.03. The van der Waals surface area contributed by atoms with E-state index < -0.39 is 5.41 Å². The maximum absolute atomic E-state index is 12.2. The van der Waals surface area contributed by atoms with Gasteiger partial charge >= 0.3 is 0 Å². The molecule has 0 saturated heterocycles. The number of rotatable bonds is 3. The van der Waals surface area contributed by atoms with Crippen LogP contribution in [0, 0.1) is 30.6 Å². The van der Waals surface area contributed by atoms with E-state index in [9.17, 15) is 4.79 Å². The van der Waals surface area contributed by atoms with Crippen LogP contribution in [0.4, 0.5) is 0 Å². The molecule has 3 nitrogen and oxygen atoms in total. The van der Waals surface area contributed by atoms with Crippen LogP contribution in [-0.2, 0) is 0 Å². The second-order valence-corrected chi connectivity index (χ2v) is 4.63. The fraction of sp³-hybridized carbons (Fsp3) is 0.429. The molecule has 1 rings (SSSR count). The monoisotopic (exact) mass is 231 g/mol. The van der Waals surface area contributed by atoms with Crippen LogP contribution in [0.25, 0.3) is 0 Å². The lowest BCUT2D eigenvalue weighted by Gasteiger charge is -2.17. The van der Waals surface area contributed by atoms with Crippen molar-refractivity contribution in [1.29, 1.82) is 5.26 Å². The first-order valence-corrected chi connectivity index (χ1v) is 5.45. The molecule has 3 heteroatoms. The standard InChI is InChI=1S/C14H17NO2/c1-9-10(2)12(17-5)7-6-11(9)13(16)14(3,4)8-15/h6-7H,1-5H3. The summed E-state index contributed by atoms with van der Waals surface area (Å²) >= 11 is 0. The van der Waals surface area contributed by atoms with E-state index >= 15 is 0 Å². The average molecular weight is 231 g/mol. The van der Waals surface area contributed by atoms with Gasteiger partial charge in [-0.05, 0) is 51.0 Å². The van der Waals surface area contributed by atoms with Crippen LogP contribution in [0.1, 0.15) is 35.3 Å². The maximum Gasteiger partial charge on any atom is 0.182 e. The molecule has 0 aliphatic carbocycles. The third-order valence-corrected chi connectivity index (χ3v) is 3.05. The second-order valence-electron chi connectivity index (χ2n) is 4.63. The van der Waals surface area contributed by atoms with Crippen molar-refractivity contribution >= 4 is 5.78 Å². The van der Waals surface area contributed by atoms with E-state index in [1.807, 2.05) is 19.9 Å². The zero-order chi connectivity index (χ0) is 13.2. The van der Waals surface area contributed by atoms with E-state index in [0.29, 0.717) is 5.56 Å². The third kappa shape index (κ3) is 2.31. The van der Waals surface area contributed by atoms with Crippen LogP contribution in [0.2, 0.25) is 0 Å². The van der Waals surface area contributed by atoms with E-state index in [-0.39, 0.29) is 5.78 Å². The molecule has 0 radical (unpaired) electrons. The SMILES string of the molecule is COc1ccc(C(=O)C(C)(C)C#N)c(C)c1C. The molecule has 0 saturated carbocycles. The highest BCUT2D eigenvalue weighted by atomic mass is 16.5. The number of nitriles is 1. The zero-order valence-corrected chi connectivity index (χ0v) is 10.9. The summed E-state index contributed by atoms with van der Waals surface area (Å²) in [6.07, 6.45) is 0. The summed E-state index contributed by atoms with van der Waals surface area (Å²) in [6, 6.07) is 5.53. The molecule has 0 amide bonds. The van der Waals surface area contributed by atoms with Gasteiger partial charge < -0.3 is 4.74 Å². The number of carbonyl (C=O) groups is 1. The minimum Gasteiger partial charge on any atom is -0.496 e. The van der Waals surface area contributed by atoms with Crippen molar-refractivity contribution in [1.82, 2.24) is 0 Å². The molecule has 0 aliphatic rings. The van der Waals surface area contributed by atoms with Gasteiger partial charge in [0.05, 0.1) is 13.2 Å². The Morgan fingerprint density at radius 1 is 1.29 bits per heavy atom. The summed E-state index contributed by atoms with van der Waals surface area (Å²) in [5, 5.41) is 8.99. The lowest BCUT2D eigenvalue weighted by atomic mass is 9.83. The van der Waals surface area contributed by atoms with E-state index in [2.05, 4.69) is 0 Å². The summed E-state index contributed by atoms with van der Waals surface area (Å²) in [5.41, 5.74) is 1.41. The van der Waals surface area contributed by atoms with E-state index in [1.165, 1.54) is 0 Å². The molecule has 1 aromatic rings. The van der Waals surface area contributed by atoms with Crippen molar-refractivity contribution in [2.45, 2.75) is 27.7 Å². The van der Waals surface area contributed by atoms with E-state index in [0.717, 1.165) is 16.9 Å². The van der Waals surface area contributed by atoms with Gasteiger partial charge in [-0.3, -0.25) is 4.79 Å². The quantitative estimate of drug-likeness (QED) is 0.751. The maximum atomic E-state index is 12.2. The number of benzene rings is 1. The van der Waals surface area contributed by atoms with Gasteiger partial charge in [-0.1, -0.05) is 0 Å². The Bertz CT molecular complexity index is 496. The molecule has 0 unspecified atom stereocenters. The molecule has 17 heavy (non-hydrogen) atoms. The van der Waals surface area contributed by atoms with Gasteiger partial charge in [-0.2, -0.15) is 5.26 Å². The van der Waals surface area contributed by atoms with Crippen LogP contribution in [-0.4, -0.2) is 12.9 Å². The molecule has 0 N–H and O–H groups in total. The topological polar surface area (TPSA) is 50.1 Å². The Morgan fingerprint density at radius 2 is 1.88 bits per heavy atom. The van der Waals surface area contributed by atoms with Crippen molar-refractivity contribution in [2.75, 3.05) is 7.11 Å². The van der Waals surface area contributed by atoms with Gasteiger partial charge in [0.15, 0.2) is 5.78 Å². The molecule has 0 aliphatic heterocycles. The molecule has 0 fully saturated rings. The summed E-state index contributed by atoms with van der Waals surface area (Å²) in [5.74, 6) is 0.608. The lowest BCUT2D eigenvalue weighted by molar-refractivity contribution is 0.0891. The lowest BCUT2D eigenvalue weighted by Crippen LogP contribution is -2.23. The van der Waals surface area contributed by atoms with Gasteiger partial charge in [0.2, 0.25) is 0 Å². The van der Waals surface area contributed by atoms with Gasteiger partial charge in [-0.15, -0.1) is 0 Å². The number of nitrogens with zero attached hydrogens (tertiary/aromatic N) is 1. The first kappa shape index (κ1) is 13.2. The highest BCUT2D eigenvalue weighted by Gasteiger charge is 2.30. The Labute approximate surface area is 102 Å². The fourth-order valence-electron chi connectivity index (χ4n) is 1.65. The largest absolute Gasteiger partial charge is 0.496 e. The van der Waals surface area contributed by atoms with E-state index in [4.69, 9.17) is 10.00 Å². The Kier molecular flexibility index (Phi) is 3.57. The normalized spacial score (nSPS) is 10.8. The van der Waals surface area contributed by atoms with Crippen molar-refractivity contribution < 1.29 is 9.53 Å². The number of carbonyl (C=O) groups excluding carboxylic acids is 1. The molecule has 0 aromatic heterocycles. The highest BCUT2D eigenvalue weighted by Crippen LogP contribution is 2.28. The van der Waals surface area contributed by atoms with Crippen molar-refractivity contribution in [3.63, 3.8) is 0 Å². The van der Waals surface area contributed by atoms with Crippen LogP contribution in [0.15, 0.2) is 12.1 Å². The predicted molar refractivity (Wildman–Crippen MR) is 66.2 cm³/mol. The summed E-state index contributed by atoms with van der Waals surface area (Å²) in [6.45, 7) is 7.05. The summed E-state index contributed by atoms with van der Waals surface area (Å²) in [4.78, 5) is 12.2. The molecular formula is C14H17NO2. The molecule has 0 bridgehead atoms. The zero-order valence-electron chi connectivity index (χ0n) is 10.9. The number of methoxy groups -OCH3 is 1. The molecular weight excluding hydrogens is 214 g/mol. The average Bonchev–Trinajstić information content (AvgIpc) is 2.31.